The number of fused-ring (bicyclic) bond motifs is 9. The molecule has 0 amide bonds. The number of hydrogen-bond donors (Lipinski definition) is 1. The SMILES string of the molecule is C=C/C=C\C.C=CC.Nc1c(/C=C\Cc2cc3ccccc3c3ccccc23)c(-c2ccccc2)cc2c1cc(-c1ccccc1)c1ccc(-c3cc4ccccc4c4ccccc34)nc12. The van der Waals surface area contributed by atoms with Crippen LogP contribution in [0.1, 0.15) is 25.0 Å². The Morgan fingerprint density at radius 2 is 0.985 bits per heavy atom. The number of benzene rings is 10. The van der Waals surface area contributed by atoms with Gasteiger partial charge in [0.15, 0.2) is 0 Å². The van der Waals surface area contributed by atoms with E-state index in [9.17, 15) is 0 Å². The van der Waals surface area contributed by atoms with Crippen molar-refractivity contribution in [1.29, 1.82) is 0 Å². The van der Waals surface area contributed by atoms with E-state index in [1.54, 1.807) is 12.2 Å². The summed E-state index contributed by atoms with van der Waals surface area (Å²) in [4.78, 5) is 5.60. The summed E-state index contributed by atoms with van der Waals surface area (Å²) >= 11 is 0. The second-order valence-corrected chi connectivity index (χ2v) is 16.4. The van der Waals surface area contributed by atoms with Crippen molar-refractivity contribution in [2.45, 2.75) is 20.3 Å². The van der Waals surface area contributed by atoms with Crippen LogP contribution in [0.25, 0.3) is 104 Å². The normalized spacial score (nSPS) is 11.3. The largest absolute Gasteiger partial charge is 0.398 e. The first-order chi connectivity index (χ1) is 32.5. The van der Waals surface area contributed by atoms with Gasteiger partial charge in [-0.1, -0.05) is 207 Å². The lowest BCUT2D eigenvalue weighted by Crippen LogP contribution is -1.98. The maximum absolute atomic E-state index is 7.45. The van der Waals surface area contributed by atoms with E-state index in [-0.39, 0.29) is 0 Å². The van der Waals surface area contributed by atoms with Gasteiger partial charge in [-0.3, -0.25) is 0 Å². The molecule has 10 aromatic carbocycles. The number of rotatable bonds is 7. The Morgan fingerprint density at radius 1 is 0.470 bits per heavy atom. The van der Waals surface area contributed by atoms with Gasteiger partial charge < -0.3 is 5.73 Å². The topological polar surface area (TPSA) is 38.9 Å². The third kappa shape index (κ3) is 8.41. The molecule has 0 saturated heterocycles. The van der Waals surface area contributed by atoms with E-state index in [0.29, 0.717) is 0 Å². The minimum atomic E-state index is 0.749. The van der Waals surface area contributed by atoms with Crippen molar-refractivity contribution in [3.8, 4) is 33.5 Å². The summed E-state index contributed by atoms with van der Waals surface area (Å²) in [5.74, 6) is 0. The summed E-state index contributed by atoms with van der Waals surface area (Å²) in [6.07, 6.45) is 12.6. The highest BCUT2D eigenvalue weighted by Gasteiger charge is 2.19. The lowest BCUT2D eigenvalue weighted by atomic mass is 9.88. The summed E-state index contributed by atoms with van der Waals surface area (Å²) in [6.45, 7) is 10.7. The van der Waals surface area contributed by atoms with E-state index in [2.05, 4.69) is 219 Å². The van der Waals surface area contributed by atoms with Crippen LogP contribution in [0.4, 0.5) is 5.69 Å². The maximum atomic E-state index is 7.45. The molecule has 0 fully saturated rings. The zero-order chi connectivity index (χ0) is 45.4. The molecule has 2 heteroatoms. The molecule has 0 atom stereocenters. The first-order valence-electron chi connectivity index (χ1n) is 22.6. The molecule has 1 heterocycles. The van der Waals surface area contributed by atoms with E-state index in [0.717, 1.165) is 72.9 Å². The minimum Gasteiger partial charge on any atom is -0.398 e. The fourth-order valence-corrected chi connectivity index (χ4v) is 9.24. The van der Waals surface area contributed by atoms with Gasteiger partial charge in [0.25, 0.3) is 0 Å². The van der Waals surface area contributed by atoms with Crippen molar-refractivity contribution in [3.05, 3.63) is 249 Å². The first-order valence-corrected chi connectivity index (χ1v) is 22.6. The molecule has 0 unspecified atom stereocenters. The van der Waals surface area contributed by atoms with Crippen LogP contribution in [-0.2, 0) is 6.42 Å². The first kappa shape index (κ1) is 42.9. The Bertz CT molecular complexity index is 3620. The van der Waals surface area contributed by atoms with Crippen LogP contribution >= 0.6 is 0 Å². The van der Waals surface area contributed by atoms with Gasteiger partial charge in [-0.15, -0.1) is 6.58 Å². The lowest BCUT2D eigenvalue weighted by molar-refractivity contribution is 1.32. The average Bonchev–Trinajstić information content (AvgIpc) is 3.37. The highest BCUT2D eigenvalue weighted by molar-refractivity contribution is 6.19. The quantitative estimate of drug-likeness (QED) is 0.0751. The second kappa shape index (κ2) is 19.6. The number of allylic oxidation sites excluding steroid dienone is 5. The third-order valence-electron chi connectivity index (χ3n) is 12.2. The van der Waals surface area contributed by atoms with Crippen LogP contribution in [0.2, 0.25) is 0 Å². The molecule has 2 N–H and O–H groups in total. The second-order valence-electron chi connectivity index (χ2n) is 16.4. The van der Waals surface area contributed by atoms with Gasteiger partial charge in [0.2, 0.25) is 0 Å². The van der Waals surface area contributed by atoms with Crippen molar-refractivity contribution < 1.29 is 0 Å². The molecular formula is C64H52N2. The number of anilines is 1. The van der Waals surface area contributed by atoms with E-state index in [4.69, 9.17) is 10.7 Å². The van der Waals surface area contributed by atoms with Crippen LogP contribution < -0.4 is 5.73 Å². The van der Waals surface area contributed by atoms with Gasteiger partial charge in [0, 0.05) is 33.0 Å². The van der Waals surface area contributed by atoms with Gasteiger partial charge in [-0.05, 0) is 122 Å². The van der Waals surface area contributed by atoms with E-state index >= 15 is 0 Å². The Labute approximate surface area is 388 Å². The number of pyridine rings is 1. The molecule has 66 heavy (non-hydrogen) atoms. The summed E-state index contributed by atoms with van der Waals surface area (Å²) in [7, 11) is 0. The van der Waals surface area contributed by atoms with Crippen molar-refractivity contribution in [2.24, 2.45) is 0 Å². The molecular weight excluding hydrogens is 797 g/mol. The van der Waals surface area contributed by atoms with Crippen molar-refractivity contribution in [1.82, 2.24) is 4.98 Å². The molecule has 0 saturated carbocycles. The fourth-order valence-electron chi connectivity index (χ4n) is 9.24. The summed E-state index contributed by atoms with van der Waals surface area (Å²) in [6, 6.07) is 69.6. The molecule has 0 bridgehead atoms. The molecule has 2 nitrogen and oxygen atoms in total. The van der Waals surface area contributed by atoms with Gasteiger partial charge >= 0.3 is 0 Å². The van der Waals surface area contributed by atoms with Crippen LogP contribution in [0.15, 0.2) is 238 Å². The average molecular weight is 849 g/mol. The number of nitrogens with two attached hydrogens (primary N) is 1. The zero-order valence-corrected chi connectivity index (χ0v) is 37.6. The monoisotopic (exact) mass is 848 g/mol. The van der Waals surface area contributed by atoms with Gasteiger partial charge in [-0.25, -0.2) is 4.98 Å². The van der Waals surface area contributed by atoms with E-state index < -0.39 is 0 Å². The number of nitrogens with zero attached hydrogens (tertiary/aromatic N) is 1. The van der Waals surface area contributed by atoms with Crippen molar-refractivity contribution in [3.63, 3.8) is 0 Å². The molecule has 0 spiro atoms. The molecule has 0 radical (unpaired) electrons. The maximum Gasteiger partial charge on any atom is 0.0795 e. The van der Waals surface area contributed by atoms with Gasteiger partial charge in [0.1, 0.15) is 0 Å². The summed E-state index contributed by atoms with van der Waals surface area (Å²) in [5, 5.41) is 13.1. The number of nitrogen functional groups attached to an aromatic ring is 1. The molecule has 1 aromatic heterocycles. The molecule has 11 aromatic rings. The standard InChI is InChI=1S/C56H38N2.C5H8.C3H6/c57-55-47(29-15-22-39-32-38-20-7-9-23-41(38)44-26-12-11-25-42(39)44)49(36-16-3-1-4-17-36)35-53-52(55)34-50(37-18-5-2-6-19-37)48-30-31-54(58-56(48)53)51-33-40-21-8-10-24-43(40)45-27-13-14-28-46(45)51;1-3-5-4-2;1-3-2/h1-21,23-35H,22,57H2;3-5H,1H2,2H3;3H,1H2,2H3/b29-15-;5-4-;. The summed E-state index contributed by atoms with van der Waals surface area (Å²) < 4.78 is 0. The minimum absolute atomic E-state index is 0.749. The number of aromatic nitrogens is 1. The zero-order valence-electron chi connectivity index (χ0n) is 37.6. The summed E-state index contributed by atoms with van der Waals surface area (Å²) in [5.41, 5.74) is 17.9. The highest BCUT2D eigenvalue weighted by Crippen LogP contribution is 2.43. The van der Waals surface area contributed by atoms with E-state index in [1.807, 2.05) is 26.0 Å². The fraction of sp³-hybridized carbons (Fsp3) is 0.0469. The Balaban J connectivity index is 0.000000636. The van der Waals surface area contributed by atoms with Crippen molar-refractivity contribution >= 4 is 76.5 Å². The Hall–Kier alpha value is -8.33. The predicted octanol–water partition coefficient (Wildman–Crippen LogP) is 17.8. The van der Waals surface area contributed by atoms with Crippen LogP contribution in [0, 0.1) is 0 Å². The van der Waals surface area contributed by atoms with Gasteiger partial charge in [-0.2, -0.15) is 0 Å². The Morgan fingerprint density at radius 3 is 1.59 bits per heavy atom. The van der Waals surface area contributed by atoms with Crippen LogP contribution in [0.5, 0.6) is 0 Å². The molecule has 11 rings (SSSR count). The molecule has 318 valence electrons. The molecule has 0 aliphatic heterocycles. The third-order valence-corrected chi connectivity index (χ3v) is 12.2. The van der Waals surface area contributed by atoms with Crippen molar-refractivity contribution in [2.75, 3.05) is 5.73 Å². The van der Waals surface area contributed by atoms with Crippen LogP contribution in [0.3, 0.4) is 0 Å². The van der Waals surface area contributed by atoms with Crippen LogP contribution in [-0.4, -0.2) is 4.98 Å². The van der Waals surface area contributed by atoms with E-state index in [1.165, 1.54) is 48.7 Å². The molecule has 0 aliphatic carbocycles. The highest BCUT2D eigenvalue weighted by atomic mass is 14.7. The lowest BCUT2D eigenvalue weighted by Gasteiger charge is -2.18. The molecule has 0 aliphatic rings. The number of hydrogen-bond acceptors (Lipinski definition) is 2. The Kier molecular flexibility index (Phi) is 12.8. The predicted molar refractivity (Wildman–Crippen MR) is 290 cm³/mol. The van der Waals surface area contributed by atoms with Gasteiger partial charge in [0.05, 0.1) is 11.2 Å². The smallest absolute Gasteiger partial charge is 0.0795 e.